The molecule has 1 heterocycles. The zero-order chi connectivity index (χ0) is 19.6. The van der Waals surface area contributed by atoms with E-state index in [1.54, 1.807) is 35.6 Å². The Balaban J connectivity index is 2.84. The van der Waals surface area contributed by atoms with E-state index >= 15 is 0 Å². The number of ether oxygens (including phenoxy) is 2. The Morgan fingerprint density at radius 2 is 2.12 bits per heavy atom. The minimum absolute atomic E-state index is 0.00210. The summed E-state index contributed by atoms with van der Waals surface area (Å²) >= 11 is 1.74. The van der Waals surface area contributed by atoms with Crippen molar-refractivity contribution in [3.63, 3.8) is 0 Å². The number of nitriles is 1. The molecule has 0 spiro atoms. The number of esters is 1. The number of halogens is 4. The van der Waals surface area contributed by atoms with Crippen LogP contribution in [0.1, 0.15) is 30.9 Å². The van der Waals surface area contributed by atoms with Gasteiger partial charge in [0.25, 0.3) is 0 Å². The van der Waals surface area contributed by atoms with Gasteiger partial charge in [-0.15, -0.1) is 0 Å². The first kappa shape index (κ1) is 20.1. The van der Waals surface area contributed by atoms with Crippen LogP contribution in [0.4, 0.5) is 13.2 Å². The van der Waals surface area contributed by atoms with Crippen LogP contribution in [0.15, 0.2) is 41.0 Å². The van der Waals surface area contributed by atoms with E-state index in [9.17, 15) is 23.2 Å². The van der Waals surface area contributed by atoms with Crippen molar-refractivity contribution >= 4 is 28.6 Å². The summed E-state index contributed by atoms with van der Waals surface area (Å²) in [6.45, 7) is 2.97. The van der Waals surface area contributed by atoms with E-state index < -0.39 is 23.6 Å². The third kappa shape index (κ3) is 3.65. The normalized spacial score (nSPS) is 17.7. The molecule has 5 nitrogen and oxygen atoms in total. The number of rotatable bonds is 3. The van der Waals surface area contributed by atoms with Crippen LogP contribution in [-0.2, 0) is 20.4 Å². The highest BCUT2D eigenvalue weighted by molar-refractivity contribution is 14.1. The van der Waals surface area contributed by atoms with E-state index in [1.165, 1.54) is 19.1 Å². The lowest BCUT2D eigenvalue weighted by Gasteiger charge is -2.29. The molecule has 0 saturated carbocycles. The molecule has 0 aromatic heterocycles. The quantitative estimate of drug-likeness (QED) is 0.526. The summed E-state index contributed by atoms with van der Waals surface area (Å²) in [6.07, 6.45) is -4.68. The Bertz CT molecular complexity index is 854. The van der Waals surface area contributed by atoms with Crippen molar-refractivity contribution in [2.75, 3.05) is 6.61 Å². The van der Waals surface area contributed by atoms with Gasteiger partial charge < -0.3 is 15.2 Å². The molecule has 1 atom stereocenters. The second-order valence-electron chi connectivity index (χ2n) is 5.31. The first-order valence-electron chi connectivity index (χ1n) is 7.44. The van der Waals surface area contributed by atoms with E-state index in [1.807, 2.05) is 0 Å². The molecule has 2 rings (SSSR count). The Morgan fingerprint density at radius 1 is 1.46 bits per heavy atom. The molecule has 9 heteroatoms. The van der Waals surface area contributed by atoms with Crippen molar-refractivity contribution in [1.29, 1.82) is 5.26 Å². The monoisotopic (exact) mass is 478 g/mol. The molecule has 1 aliphatic heterocycles. The van der Waals surface area contributed by atoms with Crippen molar-refractivity contribution in [1.82, 2.24) is 0 Å². The number of nitrogens with zero attached hydrogens (tertiary/aromatic N) is 1. The summed E-state index contributed by atoms with van der Waals surface area (Å²) in [6, 6.07) is 5.39. The van der Waals surface area contributed by atoms with Gasteiger partial charge in [0.2, 0.25) is 5.88 Å². The minimum Gasteiger partial charge on any atom is -0.463 e. The third-order valence-electron chi connectivity index (χ3n) is 3.75. The van der Waals surface area contributed by atoms with E-state index in [4.69, 9.17) is 15.2 Å². The Morgan fingerprint density at radius 3 is 2.65 bits per heavy atom. The number of hydrogen-bond donors (Lipinski definition) is 1. The molecule has 1 aromatic rings. The fourth-order valence-corrected chi connectivity index (χ4v) is 3.53. The lowest BCUT2D eigenvalue weighted by molar-refractivity contribution is -0.141. The summed E-state index contributed by atoms with van der Waals surface area (Å²) in [5.41, 5.74) is 4.09. The zero-order valence-electron chi connectivity index (χ0n) is 13.8. The van der Waals surface area contributed by atoms with Gasteiger partial charge in [-0.3, -0.25) is 0 Å². The summed E-state index contributed by atoms with van der Waals surface area (Å²) in [7, 11) is 0. The molecule has 0 bridgehead atoms. The molecule has 26 heavy (non-hydrogen) atoms. The van der Waals surface area contributed by atoms with Gasteiger partial charge in [0, 0.05) is 3.57 Å². The van der Waals surface area contributed by atoms with E-state index in [2.05, 4.69) is 0 Å². The number of nitrogens with two attached hydrogens (primary N) is 1. The Labute approximate surface area is 161 Å². The van der Waals surface area contributed by atoms with Crippen LogP contribution in [0.25, 0.3) is 0 Å². The predicted octanol–water partition coefficient (Wildman–Crippen LogP) is 3.95. The molecule has 2 N–H and O–H groups in total. The molecule has 0 amide bonds. The number of allylic oxidation sites excluding steroid dienone is 2. The number of carbonyl (C=O) groups is 1. The van der Waals surface area contributed by atoms with Gasteiger partial charge in [0.05, 0.1) is 23.7 Å². The number of hydrogen-bond acceptors (Lipinski definition) is 5. The second kappa shape index (κ2) is 7.57. The van der Waals surface area contributed by atoms with Gasteiger partial charge in [-0.2, -0.15) is 18.4 Å². The predicted molar refractivity (Wildman–Crippen MR) is 94.1 cm³/mol. The van der Waals surface area contributed by atoms with E-state index in [0.717, 1.165) is 6.07 Å². The molecule has 0 fully saturated rings. The summed E-state index contributed by atoms with van der Waals surface area (Å²) in [5, 5.41) is 9.47. The largest absolute Gasteiger partial charge is 0.463 e. The molecule has 1 aromatic carbocycles. The van der Waals surface area contributed by atoms with Gasteiger partial charge in [-0.05, 0) is 54.1 Å². The lowest BCUT2D eigenvalue weighted by atomic mass is 9.81. The fourth-order valence-electron chi connectivity index (χ4n) is 2.72. The highest BCUT2D eigenvalue weighted by Crippen LogP contribution is 2.46. The van der Waals surface area contributed by atoms with Crippen molar-refractivity contribution in [3.8, 4) is 6.07 Å². The molecular weight excluding hydrogens is 464 g/mol. The maximum absolute atomic E-state index is 13.6. The topological polar surface area (TPSA) is 85.3 Å². The summed E-state index contributed by atoms with van der Waals surface area (Å²) in [4.78, 5) is 12.4. The molecule has 0 aliphatic carbocycles. The molecule has 138 valence electrons. The average Bonchev–Trinajstić information content (AvgIpc) is 2.53. The average molecular weight is 478 g/mol. The van der Waals surface area contributed by atoms with Crippen LogP contribution < -0.4 is 5.73 Å². The fraction of sp³-hybridized carbons (Fsp3) is 0.294. The van der Waals surface area contributed by atoms with E-state index in [-0.39, 0.29) is 38.5 Å². The van der Waals surface area contributed by atoms with Gasteiger partial charge in [-0.1, -0.05) is 6.07 Å². The minimum atomic E-state index is -4.68. The van der Waals surface area contributed by atoms with Gasteiger partial charge >= 0.3 is 12.1 Å². The SMILES string of the molecule is CCOC(=O)C1=C(C)OC(N)=C(C#N)C1c1c(I)cccc1C(F)(F)F. The first-order chi connectivity index (χ1) is 12.1. The van der Waals surface area contributed by atoms with Crippen molar-refractivity contribution in [2.45, 2.75) is 25.9 Å². The van der Waals surface area contributed by atoms with Crippen LogP contribution >= 0.6 is 22.6 Å². The summed E-state index contributed by atoms with van der Waals surface area (Å²) in [5.74, 6) is -2.53. The van der Waals surface area contributed by atoms with Crippen LogP contribution in [-0.4, -0.2) is 12.6 Å². The smallest absolute Gasteiger partial charge is 0.416 e. The first-order valence-corrected chi connectivity index (χ1v) is 8.52. The van der Waals surface area contributed by atoms with Crippen LogP contribution in [0.5, 0.6) is 0 Å². The van der Waals surface area contributed by atoms with Crippen molar-refractivity contribution in [2.24, 2.45) is 5.73 Å². The second-order valence-corrected chi connectivity index (χ2v) is 6.48. The molecular formula is C17H14F3IN2O3. The van der Waals surface area contributed by atoms with E-state index in [0.29, 0.717) is 0 Å². The Hall–Kier alpha value is -2.22. The molecule has 0 radical (unpaired) electrons. The lowest BCUT2D eigenvalue weighted by Crippen LogP contribution is -2.27. The number of benzene rings is 1. The Kier molecular flexibility index (Phi) is 5.85. The third-order valence-corrected chi connectivity index (χ3v) is 4.69. The molecule has 1 aliphatic rings. The van der Waals surface area contributed by atoms with Crippen LogP contribution in [0.2, 0.25) is 0 Å². The van der Waals surface area contributed by atoms with Crippen LogP contribution in [0.3, 0.4) is 0 Å². The molecule has 0 saturated heterocycles. The summed E-state index contributed by atoms with van der Waals surface area (Å²) < 4.78 is 51.2. The molecule has 1 unspecified atom stereocenters. The number of carbonyl (C=O) groups excluding carboxylic acids is 1. The number of alkyl halides is 3. The van der Waals surface area contributed by atoms with Crippen LogP contribution in [0, 0.1) is 14.9 Å². The zero-order valence-corrected chi connectivity index (χ0v) is 15.9. The van der Waals surface area contributed by atoms with Gasteiger partial charge in [-0.25, -0.2) is 4.79 Å². The highest BCUT2D eigenvalue weighted by atomic mass is 127. The highest BCUT2D eigenvalue weighted by Gasteiger charge is 2.43. The standard InChI is InChI=1S/C17H14F3IN2O3/c1-3-25-16(24)12-8(2)26-15(23)9(7-22)13(12)14-10(17(18,19)20)5-4-6-11(14)21/h4-6,13H,3,23H2,1-2H3. The van der Waals surface area contributed by atoms with Crippen molar-refractivity contribution < 1.29 is 27.4 Å². The maximum Gasteiger partial charge on any atom is 0.416 e. The van der Waals surface area contributed by atoms with Gasteiger partial charge in [0.15, 0.2) is 0 Å². The van der Waals surface area contributed by atoms with Crippen molar-refractivity contribution in [3.05, 3.63) is 55.7 Å². The van der Waals surface area contributed by atoms with Gasteiger partial charge in [0.1, 0.15) is 17.4 Å². The maximum atomic E-state index is 13.6.